The molecule has 2 rings (SSSR count). The molecule has 1 N–H and O–H groups in total. The van der Waals surface area contributed by atoms with Crippen LogP contribution in [0.2, 0.25) is 0 Å². The van der Waals surface area contributed by atoms with Gasteiger partial charge in [-0.05, 0) is 37.0 Å². The quantitative estimate of drug-likeness (QED) is 0.793. The molecule has 0 atom stereocenters. The van der Waals surface area contributed by atoms with Gasteiger partial charge in [-0.1, -0.05) is 12.8 Å². The molecule has 5 heteroatoms. The van der Waals surface area contributed by atoms with E-state index in [0.29, 0.717) is 18.5 Å². The Bertz CT molecular complexity index is 408. The monoisotopic (exact) mass is 261 g/mol. The van der Waals surface area contributed by atoms with Crippen molar-refractivity contribution in [2.75, 3.05) is 11.9 Å². The van der Waals surface area contributed by atoms with Crippen LogP contribution < -0.4 is 5.32 Å². The van der Waals surface area contributed by atoms with E-state index in [1.807, 2.05) is 0 Å². The van der Waals surface area contributed by atoms with E-state index in [2.05, 4.69) is 5.32 Å². The molecule has 0 heterocycles. The molecule has 0 saturated heterocycles. The van der Waals surface area contributed by atoms with Crippen LogP contribution in [0.15, 0.2) is 18.2 Å². The van der Waals surface area contributed by atoms with Gasteiger partial charge in [0.2, 0.25) is 0 Å². The summed E-state index contributed by atoms with van der Waals surface area (Å²) < 4.78 is 50.5. The third kappa shape index (κ3) is 3.15. The Morgan fingerprint density at radius 1 is 1.17 bits per heavy atom. The Labute approximate surface area is 103 Å². The smallest absolute Gasteiger partial charge is 0.382 e. The molecule has 1 fully saturated rings. The van der Waals surface area contributed by atoms with Crippen LogP contribution in [0, 0.1) is 11.7 Å². The SMILES string of the molecule is Fc1cc(C(F)(F)F)ccc1NCC1CCCC1. The molecule has 0 amide bonds. The molecule has 0 aromatic heterocycles. The van der Waals surface area contributed by atoms with Gasteiger partial charge in [-0.2, -0.15) is 13.2 Å². The predicted molar refractivity (Wildman–Crippen MR) is 61.8 cm³/mol. The number of hydrogen-bond donors (Lipinski definition) is 1. The molecule has 1 aliphatic rings. The highest BCUT2D eigenvalue weighted by Crippen LogP contribution is 2.31. The van der Waals surface area contributed by atoms with Crippen LogP contribution in [-0.2, 0) is 6.18 Å². The van der Waals surface area contributed by atoms with E-state index >= 15 is 0 Å². The molecular weight excluding hydrogens is 246 g/mol. The number of anilines is 1. The van der Waals surface area contributed by atoms with E-state index in [1.54, 1.807) is 0 Å². The zero-order valence-corrected chi connectivity index (χ0v) is 9.86. The fraction of sp³-hybridized carbons (Fsp3) is 0.538. The Morgan fingerprint density at radius 3 is 2.39 bits per heavy atom. The van der Waals surface area contributed by atoms with Crippen LogP contribution in [0.3, 0.4) is 0 Å². The summed E-state index contributed by atoms with van der Waals surface area (Å²) in [5, 5.41) is 2.89. The second kappa shape index (κ2) is 5.16. The van der Waals surface area contributed by atoms with Crippen molar-refractivity contribution >= 4 is 5.69 Å². The minimum Gasteiger partial charge on any atom is -0.382 e. The number of halogens is 4. The molecule has 0 spiro atoms. The van der Waals surface area contributed by atoms with E-state index in [0.717, 1.165) is 25.0 Å². The van der Waals surface area contributed by atoms with Crippen LogP contribution in [0.4, 0.5) is 23.2 Å². The molecule has 1 saturated carbocycles. The molecule has 1 aliphatic carbocycles. The number of rotatable bonds is 3. The lowest BCUT2D eigenvalue weighted by Gasteiger charge is -2.14. The third-order valence-electron chi connectivity index (χ3n) is 3.35. The highest BCUT2D eigenvalue weighted by atomic mass is 19.4. The predicted octanol–water partition coefficient (Wildman–Crippen LogP) is 4.45. The largest absolute Gasteiger partial charge is 0.416 e. The number of hydrogen-bond acceptors (Lipinski definition) is 1. The van der Waals surface area contributed by atoms with Gasteiger partial charge in [0, 0.05) is 6.54 Å². The van der Waals surface area contributed by atoms with Gasteiger partial charge in [-0.3, -0.25) is 0 Å². The van der Waals surface area contributed by atoms with Crippen molar-refractivity contribution in [2.24, 2.45) is 5.92 Å². The zero-order valence-electron chi connectivity index (χ0n) is 9.86. The fourth-order valence-electron chi connectivity index (χ4n) is 2.30. The molecule has 1 nitrogen and oxygen atoms in total. The van der Waals surface area contributed by atoms with Crippen LogP contribution in [0.25, 0.3) is 0 Å². The minimum atomic E-state index is -4.50. The maximum atomic E-state index is 13.5. The molecule has 0 radical (unpaired) electrons. The lowest BCUT2D eigenvalue weighted by molar-refractivity contribution is -0.137. The number of alkyl halides is 3. The summed E-state index contributed by atoms with van der Waals surface area (Å²) in [6.07, 6.45) is 0.0824. The third-order valence-corrected chi connectivity index (χ3v) is 3.35. The first-order chi connectivity index (χ1) is 8.47. The van der Waals surface area contributed by atoms with Gasteiger partial charge >= 0.3 is 6.18 Å². The second-order valence-corrected chi connectivity index (χ2v) is 4.72. The average molecular weight is 261 g/mol. The molecular formula is C13H15F4N. The van der Waals surface area contributed by atoms with Crippen molar-refractivity contribution < 1.29 is 17.6 Å². The summed E-state index contributed by atoms with van der Waals surface area (Å²) in [6.45, 7) is 0.627. The first-order valence-corrected chi connectivity index (χ1v) is 6.07. The summed E-state index contributed by atoms with van der Waals surface area (Å²) in [6, 6.07) is 2.60. The molecule has 0 unspecified atom stereocenters. The van der Waals surface area contributed by atoms with Crippen molar-refractivity contribution in [1.82, 2.24) is 0 Å². The summed E-state index contributed by atoms with van der Waals surface area (Å²) in [5.74, 6) is -0.338. The first kappa shape index (κ1) is 13.2. The summed E-state index contributed by atoms with van der Waals surface area (Å²) in [4.78, 5) is 0. The van der Waals surface area contributed by atoms with Gasteiger partial charge < -0.3 is 5.32 Å². The molecule has 0 bridgehead atoms. The van der Waals surface area contributed by atoms with Gasteiger partial charge in [-0.25, -0.2) is 4.39 Å². The Balaban J connectivity index is 2.01. The minimum absolute atomic E-state index is 0.148. The highest BCUT2D eigenvalue weighted by Gasteiger charge is 2.31. The van der Waals surface area contributed by atoms with E-state index in [-0.39, 0.29) is 5.69 Å². The van der Waals surface area contributed by atoms with E-state index in [4.69, 9.17) is 0 Å². The van der Waals surface area contributed by atoms with Crippen molar-refractivity contribution in [1.29, 1.82) is 0 Å². The van der Waals surface area contributed by atoms with Crippen molar-refractivity contribution in [3.63, 3.8) is 0 Å². The van der Waals surface area contributed by atoms with Crippen molar-refractivity contribution in [2.45, 2.75) is 31.9 Å². The highest BCUT2D eigenvalue weighted by molar-refractivity contribution is 5.46. The molecule has 100 valence electrons. The normalized spacial score (nSPS) is 17.1. The Hall–Kier alpha value is -1.26. The second-order valence-electron chi connectivity index (χ2n) is 4.72. The van der Waals surface area contributed by atoms with Gasteiger partial charge in [0.1, 0.15) is 5.82 Å². The Morgan fingerprint density at radius 2 is 1.83 bits per heavy atom. The molecule has 0 aliphatic heterocycles. The van der Waals surface area contributed by atoms with Gasteiger partial charge in [0.15, 0.2) is 0 Å². The van der Waals surface area contributed by atoms with E-state index in [9.17, 15) is 17.6 Å². The Kier molecular flexibility index (Phi) is 3.78. The van der Waals surface area contributed by atoms with E-state index in [1.165, 1.54) is 12.8 Å². The van der Waals surface area contributed by atoms with Crippen molar-refractivity contribution in [3.05, 3.63) is 29.6 Å². The summed E-state index contributed by atoms with van der Waals surface area (Å²) in [7, 11) is 0. The van der Waals surface area contributed by atoms with Gasteiger partial charge in [-0.15, -0.1) is 0 Å². The molecule has 18 heavy (non-hydrogen) atoms. The number of benzene rings is 1. The average Bonchev–Trinajstić information content (AvgIpc) is 2.79. The maximum Gasteiger partial charge on any atom is 0.416 e. The van der Waals surface area contributed by atoms with Crippen LogP contribution in [0.1, 0.15) is 31.2 Å². The lowest BCUT2D eigenvalue weighted by atomic mass is 10.1. The van der Waals surface area contributed by atoms with Gasteiger partial charge in [0.25, 0.3) is 0 Å². The van der Waals surface area contributed by atoms with Crippen molar-refractivity contribution in [3.8, 4) is 0 Å². The first-order valence-electron chi connectivity index (χ1n) is 6.07. The lowest BCUT2D eigenvalue weighted by Crippen LogP contribution is -2.13. The topological polar surface area (TPSA) is 12.0 Å². The number of nitrogens with one attached hydrogen (secondary N) is 1. The summed E-state index contributed by atoms with van der Waals surface area (Å²) in [5.41, 5.74) is -0.804. The standard InChI is InChI=1S/C13H15F4N/c14-11-7-10(13(15,16)17)5-6-12(11)18-8-9-3-1-2-4-9/h5-7,9,18H,1-4,8H2. The van der Waals surface area contributed by atoms with E-state index < -0.39 is 17.6 Å². The molecule has 1 aromatic rings. The van der Waals surface area contributed by atoms with Crippen LogP contribution in [-0.4, -0.2) is 6.54 Å². The summed E-state index contributed by atoms with van der Waals surface area (Å²) >= 11 is 0. The molecule has 1 aromatic carbocycles. The maximum absolute atomic E-state index is 13.5. The van der Waals surface area contributed by atoms with Gasteiger partial charge in [0.05, 0.1) is 11.3 Å². The zero-order chi connectivity index (χ0) is 13.2. The fourth-order valence-corrected chi connectivity index (χ4v) is 2.30. The van der Waals surface area contributed by atoms with Crippen LogP contribution >= 0.6 is 0 Å². The van der Waals surface area contributed by atoms with Crippen LogP contribution in [0.5, 0.6) is 0 Å².